The summed E-state index contributed by atoms with van der Waals surface area (Å²) in [6.45, 7) is 3.23. The fourth-order valence-electron chi connectivity index (χ4n) is 1.48. The number of rotatable bonds is 5. The van der Waals surface area contributed by atoms with E-state index in [0.717, 1.165) is 18.2 Å². The van der Waals surface area contributed by atoms with Crippen molar-refractivity contribution < 1.29 is 4.21 Å². The Balaban J connectivity index is 2.00. The van der Waals surface area contributed by atoms with Gasteiger partial charge >= 0.3 is 0 Å². The van der Waals surface area contributed by atoms with Crippen molar-refractivity contribution in [1.82, 2.24) is 5.32 Å². The molecule has 0 aromatic rings. The second kappa shape index (κ2) is 4.97. The van der Waals surface area contributed by atoms with Crippen molar-refractivity contribution in [1.29, 1.82) is 0 Å². The van der Waals surface area contributed by atoms with Crippen molar-refractivity contribution in [2.75, 3.05) is 18.6 Å². The molecule has 1 N–H and O–H groups in total. The highest BCUT2D eigenvalue weighted by Gasteiger charge is 2.17. The van der Waals surface area contributed by atoms with Gasteiger partial charge in [0.1, 0.15) is 0 Å². The molecule has 0 saturated heterocycles. The first-order valence-electron chi connectivity index (χ1n) is 4.72. The minimum absolute atomic E-state index is 0.413. The van der Waals surface area contributed by atoms with Crippen LogP contribution in [0.25, 0.3) is 0 Å². The average Bonchev–Trinajstić information content (AvgIpc) is 1.81. The first-order valence-corrected chi connectivity index (χ1v) is 6.44. The lowest BCUT2D eigenvalue weighted by Gasteiger charge is -2.27. The molecule has 0 aromatic carbocycles. The highest BCUT2D eigenvalue weighted by Crippen LogP contribution is 2.25. The Morgan fingerprint density at radius 3 is 2.67 bits per heavy atom. The number of nitrogens with one attached hydrogen (secondary N) is 1. The van der Waals surface area contributed by atoms with Gasteiger partial charge in [-0.3, -0.25) is 4.21 Å². The molecule has 1 aliphatic rings. The van der Waals surface area contributed by atoms with Crippen LogP contribution in [0.4, 0.5) is 0 Å². The van der Waals surface area contributed by atoms with E-state index in [1.54, 1.807) is 6.26 Å². The van der Waals surface area contributed by atoms with Gasteiger partial charge in [-0.15, -0.1) is 0 Å². The highest BCUT2D eigenvalue weighted by atomic mass is 32.2. The lowest BCUT2D eigenvalue weighted by molar-refractivity contribution is 0.295. The Hall–Kier alpha value is 0.110. The van der Waals surface area contributed by atoms with E-state index < -0.39 is 10.8 Å². The van der Waals surface area contributed by atoms with Crippen LogP contribution in [0.2, 0.25) is 0 Å². The van der Waals surface area contributed by atoms with E-state index in [4.69, 9.17) is 0 Å². The Morgan fingerprint density at radius 2 is 2.25 bits per heavy atom. The van der Waals surface area contributed by atoms with Crippen LogP contribution in [-0.4, -0.2) is 28.8 Å². The van der Waals surface area contributed by atoms with Crippen molar-refractivity contribution in [3.63, 3.8) is 0 Å². The van der Waals surface area contributed by atoms with Crippen LogP contribution in [0.1, 0.15) is 26.2 Å². The number of hydrogen-bond donors (Lipinski definition) is 1. The standard InChI is InChI=1S/C9H19NOS/c1-8(7-12(2)11)10-6-9-4-3-5-9/h8-10H,3-7H2,1-2H3. The molecule has 72 valence electrons. The van der Waals surface area contributed by atoms with Crippen LogP contribution in [0.15, 0.2) is 0 Å². The Labute approximate surface area is 77.6 Å². The molecule has 0 aromatic heterocycles. The summed E-state index contributed by atoms with van der Waals surface area (Å²) in [5.41, 5.74) is 0. The molecular weight excluding hydrogens is 170 g/mol. The molecule has 3 heteroatoms. The summed E-state index contributed by atoms with van der Waals surface area (Å²) in [5, 5.41) is 3.42. The molecule has 1 aliphatic carbocycles. The fourth-order valence-corrected chi connectivity index (χ4v) is 2.30. The minimum atomic E-state index is -0.657. The molecule has 1 fully saturated rings. The van der Waals surface area contributed by atoms with Crippen LogP contribution in [0, 0.1) is 5.92 Å². The zero-order chi connectivity index (χ0) is 8.97. The summed E-state index contributed by atoms with van der Waals surface area (Å²) in [6, 6.07) is 0.413. The molecule has 2 nitrogen and oxygen atoms in total. The third kappa shape index (κ3) is 3.68. The summed E-state index contributed by atoms with van der Waals surface area (Å²) in [6.07, 6.45) is 5.94. The third-order valence-electron chi connectivity index (χ3n) is 2.46. The maximum Gasteiger partial charge on any atom is 0.0383 e. The van der Waals surface area contributed by atoms with Gasteiger partial charge in [-0.25, -0.2) is 0 Å². The molecule has 0 heterocycles. The normalized spacial score (nSPS) is 23.2. The van der Waals surface area contributed by atoms with E-state index >= 15 is 0 Å². The van der Waals surface area contributed by atoms with Crippen molar-refractivity contribution in [3.8, 4) is 0 Å². The summed E-state index contributed by atoms with van der Waals surface area (Å²) in [7, 11) is -0.657. The minimum Gasteiger partial charge on any atom is -0.313 e. The van der Waals surface area contributed by atoms with Gasteiger partial charge in [0.05, 0.1) is 0 Å². The van der Waals surface area contributed by atoms with Crippen molar-refractivity contribution in [2.24, 2.45) is 5.92 Å². The van der Waals surface area contributed by atoms with Gasteiger partial charge in [-0.1, -0.05) is 6.42 Å². The summed E-state index contributed by atoms with van der Waals surface area (Å²) >= 11 is 0. The molecule has 0 bridgehead atoms. The third-order valence-corrected chi connectivity index (χ3v) is 3.43. The van der Waals surface area contributed by atoms with Crippen LogP contribution in [0.5, 0.6) is 0 Å². The highest BCUT2D eigenvalue weighted by molar-refractivity contribution is 7.84. The Bertz CT molecular complexity index is 157. The van der Waals surface area contributed by atoms with Crippen molar-refractivity contribution in [3.05, 3.63) is 0 Å². The van der Waals surface area contributed by atoms with Crippen LogP contribution < -0.4 is 5.32 Å². The van der Waals surface area contributed by atoms with Crippen molar-refractivity contribution >= 4 is 10.8 Å². The monoisotopic (exact) mass is 189 g/mol. The van der Waals surface area contributed by atoms with Crippen LogP contribution in [0.3, 0.4) is 0 Å². The van der Waals surface area contributed by atoms with Gasteiger partial charge in [0.2, 0.25) is 0 Å². The second-order valence-electron chi connectivity index (χ2n) is 3.85. The molecule has 2 atom stereocenters. The average molecular weight is 189 g/mol. The fraction of sp³-hybridized carbons (Fsp3) is 1.00. The molecule has 0 spiro atoms. The van der Waals surface area contributed by atoms with Crippen LogP contribution in [-0.2, 0) is 10.8 Å². The van der Waals surface area contributed by atoms with Gasteiger partial charge in [0.15, 0.2) is 0 Å². The van der Waals surface area contributed by atoms with Gasteiger partial charge in [0.25, 0.3) is 0 Å². The second-order valence-corrected chi connectivity index (χ2v) is 5.33. The molecule has 1 saturated carbocycles. The predicted molar refractivity (Wildman–Crippen MR) is 53.7 cm³/mol. The molecule has 12 heavy (non-hydrogen) atoms. The maximum atomic E-state index is 10.9. The van der Waals surface area contributed by atoms with E-state index in [-0.39, 0.29) is 0 Å². The zero-order valence-corrected chi connectivity index (χ0v) is 8.82. The van der Waals surface area contributed by atoms with E-state index in [1.807, 2.05) is 0 Å². The van der Waals surface area contributed by atoms with Gasteiger partial charge < -0.3 is 5.32 Å². The summed E-state index contributed by atoms with van der Waals surface area (Å²) in [5.74, 6) is 1.69. The lowest BCUT2D eigenvalue weighted by Crippen LogP contribution is -2.36. The van der Waals surface area contributed by atoms with E-state index in [9.17, 15) is 4.21 Å². The van der Waals surface area contributed by atoms with E-state index in [1.165, 1.54) is 19.3 Å². The summed E-state index contributed by atoms with van der Waals surface area (Å²) in [4.78, 5) is 0. The molecule has 0 radical (unpaired) electrons. The molecule has 0 amide bonds. The topological polar surface area (TPSA) is 29.1 Å². The summed E-state index contributed by atoms with van der Waals surface area (Å²) < 4.78 is 10.9. The van der Waals surface area contributed by atoms with Gasteiger partial charge in [-0.05, 0) is 32.2 Å². The first kappa shape index (κ1) is 10.2. The van der Waals surface area contributed by atoms with E-state index in [0.29, 0.717) is 6.04 Å². The van der Waals surface area contributed by atoms with E-state index in [2.05, 4.69) is 12.2 Å². The zero-order valence-electron chi connectivity index (χ0n) is 8.01. The lowest BCUT2D eigenvalue weighted by atomic mass is 9.85. The largest absolute Gasteiger partial charge is 0.313 e. The van der Waals surface area contributed by atoms with Crippen molar-refractivity contribution in [2.45, 2.75) is 32.2 Å². The van der Waals surface area contributed by atoms with Crippen LogP contribution >= 0.6 is 0 Å². The first-order chi connectivity index (χ1) is 5.68. The number of hydrogen-bond acceptors (Lipinski definition) is 2. The SMILES string of the molecule is CC(CS(C)=O)NCC1CCC1. The van der Waals surface area contributed by atoms with Gasteiger partial charge in [0, 0.05) is 28.9 Å². The molecule has 1 rings (SSSR count). The van der Waals surface area contributed by atoms with Gasteiger partial charge in [-0.2, -0.15) is 0 Å². The maximum absolute atomic E-state index is 10.9. The predicted octanol–water partition coefficient (Wildman–Crippen LogP) is 1.14. The Morgan fingerprint density at radius 1 is 1.58 bits per heavy atom. The Kier molecular flexibility index (Phi) is 4.22. The smallest absolute Gasteiger partial charge is 0.0383 e. The molecule has 0 aliphatic heterocycles. The molecule has 2 unspecified atom stereocenters. The molecular formula is C9H19NOS. The quantitative estimate of drug-likeness (QED) is 0.703.